The highest BCUT2D eigenvalue weighted by molar-refractivity contribution is 5.95. The van der Waals surface area contributed by atoms with Crippen molar-refractivity contribution < 1.29 is 31.5 Å². The fourth-order valence-corrected chi connectivity index (χ4v) is 1.32. The Morgan fingerprint density at radius 1 is 1.20 bits per heavy atom. The molecule has 0 aliphatic carbocycles. The standard InChI is InChI=1S/C11H11F5N2O2/c12-10(13,11(14,15)16)6-20-5-7-3-1-2-4-8(7)9(19)18-17/h1-4H,5-6,17H2,(H,18,19). The summed E-state index contributed by atoms with van der Waals surface area (Å²) in [5.74, 6) is -0.730. The van der Waals surface area contributed by atoms with Gasteiger partial charge in [-0.15, -0.1) is 0 Å². The van der Waals surface area contributed by atoms with Gasteiger partial charge in [-0.3, -0.25) is 10.2 Å². The normalized spacial score (nSPS) is 12.3. The number of ether oxygens (including phenoxy) is 1. The SMILES string of the molecule is NNC(=O)c1ccccc1COCC(F)(F)C(F)(F)F. The van der Waals surface area contributed by atoms with Gasteiger partial charge in [0, 0.05) is 5.56 Å². The molecule has 0 aliphatic heterocycles. The van der Waals surface area contributed by atoms with Gasteiger partial charge in [0.25, 0.3) is 5.91 Å². The predicted molar refractivity (Wildman–Crippen MR) is 58.8 cm³/mol. The summed E-state index contributed by atoms with van der Waals surface area (Å²) < 4.78 is 65.3. The highest BCUT2D eigenvalue weighted by Crippen LogP contribution is 2.35. The van der Waals surface area contributed by atoms with E-state index >= 15 is 0 Å². The number of carbonyl (C=O) groups is 1. The van der Waals surface area contributed by atoms with E-state index in [4.69, 9.17) is 5.84 Å². The number of nitrogens with one attached hydrogen (secondary N) is 1. The molecule has 112 valence electrons. The second-order valence-electron chi connectivity index (χ2n) is 3.83. The van der Waals surface area contributed by atoms with Crippen LogP contribution in [0.25, 0.3) is 0 Å². The molecule has 0 radical (unpaired) electrons. The Hall–Kier alpha value is -1.74. The smallest absolute Gasteiger partial charge is 0.370 e. The van der Waals surface area contributed by atoms with Gasteiger partial charge < -0.3 is 4.74 Å². The fourth-order valence-electron chi connectivity index (χ4n) is 1.32. The minimum atomic E-state index is -5.68. The molecule has 1 amide bonds. The van der Waals surface area contributed by atoms with Crippen LogP contribution in [0.3, 0.4) is 0 Å². The molecule has 9 heteroatoms. The van der Waals surface area contributed by atoms with E-state index in [1.165, 1.54) is 24.3 Å². The van der Waals surface area contributed by atoms with Gasteiger partial charge in [-0.2, -0.15) is 22.0 Å². The molecule has 0 atom stereocenters. The molecule has 0 spiro atoms. The van der Waals surface area contributed by atoms with Crippen molar-refractivity contribution in [3.05, 3.63) is 35.4 Å². The zero-order valence-electron chi connectivity index (χ0n) is 10.0. The highest BCUT2D eigenvalue weighted by Gasteiger charge is 2.57. The third kappa shape index (κ3) is 3.87. The van der Waals surface area contributed by atoms with Crippen molar-refractivity contribution in [1.82, 2.24) is 5.43 Å². The first-order valence-corrected chi connectivity index (χ1v) is 5.30. The van der Waals surface area contributed by atoms with Gasteiger partial charge in [-0.25, -0.2) is 5.84 Å². The lowest BCUT2D eigenvalue weighted by Crippen LogP contribution is -2.40. The number of halogens is 5. The summed E-state index contributed by atoms with van der Waals surface area (Å²) in [5.41, 5.74) is 2.01. The van der Waals surface area contributed by atoms with Crippen molar-refractivity contribution >= 4 is 5.91 Å². The van der Waals surface area contributed by atoms with Crippen molar-refractivity contribution in [2.75, 3.05) is 6.61 Å². The van der Waals surface area contributed by atoms with E-state index in [9.17, 15) is 26.7 Å². The minimum Gasteiger partial charge on any atom is -0.370 e. The average Bonchev–Trinajstić information content (AvgIpc) is 2.37. The molecule has 3 N–H and O–H groups in total. The molecule has 0 saturated heterocycles. The van der Waals surface area contributed by atoms with Crippen molar-refractivity contribution in [1.29, 1.82) is 0 Å². The Bertz CT molecular complexity index is 476. The predicted octanol–water partition coefficient (Wildman–Crippen LogP) is 2.00. The Morgan fingerprint density at radius 2 is 1.80 bits per heavy atom. The number of rotatable bonds is 5. The third-order valence-electron chi connectivity index (χ3n) is 2.35. The lowest BCUT2D eigenvalue weighted by Gasteiger charge is -2.19. The minimum absolute atomic E-state index is 0.0327. The first kappa shape index (κ1) is 16.3. The molecule has 0 unspecified atom stereocenters. The number of benzene rings is 1. The Morgan fingerprint density at radius 3 is 2.35 bits per heavy atom. The fraction of sp³-hybridized carbons (Fsp3) is 0.364. The molecule has 1 aromatic rings. The van der Waals surface area contributed by atoms with Crippen LogP contribution in [0.15, 0.2) is 24.3 Å². The largest absolute Gasteiger partial charge is 0.455 e. The van der Waals surface area contributed by atoms with E-state index in [0.717, 1.165) is 0 Å². The number of hydrogen-bond acceptors (Lipinski definition) is 3. The van der Waals surface area contributed by atoms with Crippen LogP contribution in [0.4, 0.5) is 22.0 Å². The molecule has 20 heavy (non-hydrogen) atoms. The number of hydrogen-bond donors (Lipinski definition) is 2. The van der Waals surface area contributed by atoms with Gasteiger partial charge in [0.05, 0.1) is 6.61 Å². The van der Waals surface area contributed by atoms with Gasteiger partial charge in [0.1, 0.15) is 6.61 Å². The summed E-state index contributed by atoms with van der Waals surface area (Å²) in [6.07, 6.45) is -5.68. The first-order valence-electron chi connectivity index (χ1n) is 5.30. The van der Waals surface area contributed by atoms with Gasteiger partial charge in [0.15, 0.2) is 0 Å². The van der Waals surface area contributed by atoms with E-state index in [1.54, 1.807) is 0 Å². The lowest BCUT2D eigenvalue weighted by molar-refractivity contribution is -0.297. The van der Waals surface area contributed by atoms with Crippen molar-refractivity contribution in [2.24, 2.45) is 5.84 Å². The monoisotopic (exact) mass is 298 g/mol. The topological polar surface area (TPSA) is 64.3 Å². The van der Waals surface area contributed by atoms with Gasteiger partial charge in [-0.05, 0) is 11.6 Å². The van der Waals surface area contributed by atoms with E-state index in [1.807, 2.05) is 5.43 Å². The summed E-state index contributed by atoms with van der Waals surface area (Å²) >= 11 is 0. The van der Waals surface area contributed by atoms with Crippen LogP contribution in [0, 0.1) is 0 Å². The number of nitrogens with two attached hydrogens (primary N) is 1. The summed E-state index contributed by atoms with van der Waals surface area (Å²) in [6, 6.07) is 5.66. The summed E-state index contributed by atoms with van der Waals surface area (Å²) in [5, 5.41) is 0. The van der Waals surface area contributed by atoms with Crippen molar-refractivity contribution in [3.8, 4) is 0 Å². The lowest BCUT2D eigenvalue weighted by atomic mass is 10.1. The number of nitrogen functional groups attached to an aromatic ring is 1. The summed E-state index contributed by atoms with van der Waals surface area (Å²) in [4.78, 5) is 11.3. The molecule has 1 aromatic carbocycles. The van der Waals surface area contributed by atoms with E-state index in [0.29, 0.717) is 0 Å². The molecule has 0 saturated carbocycles. The Kier molecular flexibility index (Phi) is 5.01. The van der Waals surface area contributed by atoms with Crippen LogP contribution < -0.4 is 11.3 Å². The second kappa shape index (κ2) is 6.14. The Labute approximate surface area is 110 Å². The molecule has 4 nitrogen and oxygen atoms in total. The quantitative estimate of drug-likeness (QED) is 0.378. The molecule has 0 bridgehead atoms. The van der Waals surface area contributed by atoms with E-state index in [-0.39, 0.29) is 11.1 Å². The first-order chi connectivity index (χ1) is 9.19. The second-order valence-corrected chi connectivity index (χ2v) is 3.83. The zero-order valence-corrected chi connectivity index (χ0v) is 10.0. The molecule has 1 rings (SSSR count). The zero-order chi connectivity index (χ0) is 15.4. The van der Waals surface area contributed by atoms with Crippen molar-refractivity contribution in [3.63, 3.8) is 0 Å². The van der Waals surface area contributed by atoms with Gasteiger partial charge in [-0.1, -0.05) is 18.2 Å². The highest BCUT2D eigenvalue weighted by atomic mass is 19.4. The van der Waals surface area contributed by atoms with E-state index < -0.39 is 31.2 Å². The van der Waals surface area contributed by atoms with Crippen LogP contribution in [0.2, 0.25) is 0 Å². The number of hydrazine groups is 1. The van der Waals surface area contributed by atoms with Crippen LogP contribution in [0.5, 0.6) is 0 Å². The number of amides is 1. The van der Waals surface area contributed by atoms with Crippen molar-refractivity contribution in [2.45, 2.75) is 18.7 Å². The molecule has 0 fully saturated rings. The van der Waals surface area contributed by atoms with E-state index in [2.05, 4.69) is 4.74 Å². The third-order valence-corrected chi connectivity index (χ3v) is 2.35. The van der Waals surface area contributed by atoms with Crippen LogP contribution in [-0.2, 0) is 11.3 Å². The van der Waals surface area contributed by atoms with Gasteiger partial charge >= 0.3 is 12.1 Å². The van der Waals surface area contributed by atoms with Crippen LogP contribution >= 0.6 is 0 Å². The van der Waals surface area contributed by atoms with Crippen LogP contribution in [0.1, 0.15) is 15.9 Å². The Balaban J connectivity index is 2.70. The number of alkyl halides is 5. The maximum Gasteiger partial charge on any atom is 0.455 e. The molecular weight excluding hydrogens is 287 g/mol. The summed E-state index contributed by atoms with van der Waals surface area (Å²) in [7, 11) is 0. The average molecular weight is 298 g/mol. The van der Waals surface area contributed by atoms with Crippen LogP contribution in [-0.4, -0.2) is 24.6 Å². The number of carbonyl (C=O) groups excluding carboxylic acids is 1. The maximum absolute atomic E-state index is 12.6. The molecule has 0 aliphatic rings. The maximum atomic E-state index is 12.6. The molecule has 0 aromatic heterocycles. The summed E-state index contributed by atoms with van der Waals surface area (Å²) in [6.45, 7) is -2.40. The molecule has 0 heterocycles. The molecular formula is C11H11F5N2O2. The van der Waals surface area contributed by atoms with Gasteiger partial charge in [0.2, 0.25) is 0 Å².